The number of aryl methyl sites for hydroxylation is 1. The summed E-state index contributed by atoms with van der Waals surface area (Å²) in [6, 6.07) is 8.84. The average Bonchev–Trinajstić information content (AvgIpc) is 2.32. The fraction of sp³-hybridized carbons (Fsp3) is 0.0769. The maximum atomic E-state index is 11.0. The van der Waals surface area contributed by atoms with Gasteiger partial charge in [0.25, 0.3) is 0 Å². The molecule has 2 aromatic rings. The van der Waals surface area contributed by atoms with E-state index in [1.807, 2.05) is 19.1 Å². The van der Waals surface area contributed by atoms with E-state index in [1.165, 1.54) is 0 Å². The van der Waals surface area contributed by atoms with Crippen molar-refractivity contribution < 1.29 is 9.90 Å². The number of aromatic amines is 1. The van der Waals surface area contributed by atoms with Crippen molar-refractivity contribution in [2.24, 2.45) is 0 Å². The minimum absolute atomic E-state index is 0.111. The molecular weight excluding hydrogens is 270 g/mol. The molecule has 92 valence electrons. The Morgan fingerprint density at radius 2 is 1.94 bits per heavy atom. The SMILES string of the molecule is Cc1cc(C(=O)O)c(=S)[nH]c1-c1ccc(Cl)cc1. The van der Waals surface area contributed by atoms with Gasteiger partial charge in [-0.05, 0) is 36.2 Å². The minimum atomic E-state index is -1.03. The van der Waals surface area contributed by atoms with E-state index < -0.39 is 5.97 Å². The predicted octanol–water partition coefficient (Wildman–Crippen LogP) is 4.07. The van der Waals surface area contributed by atoms with Crippen molar-refractivity contribution in [1.29, 1.82) is 0 Å². The molecule has 2 rings (SSSR count). The van der Waals surface area contributed by atoms with Crippen molar-refractivity contribution in [3.8, 4) is 11.3 Å². The highest BCUT2D eigenvalue weighted by molar-refractivity contribution is 7.71. The molecule has 0 aliphatic rings. The molecule has 0 radical (unpaired) electrons. The molecule has 0 spiro atoms. The molecule has 1 aromatic carbocycles. The highest BCUT2D eigenvalue weighted by Gasteiger charge is 2.10. The van der Waals surface area contributed by atoms with Crippen LogP contribution in [0.5, 0.6) is 0 Å². The number of pyridine rings is 1. The molecule has 3 nitrogen and oxygen atoms in total. The Morgan fingerprint density at radius 1 is 1.33 bits per heavy atom. The number of hydrogen-bond acceptors (Lipinski definition) is 2. The van der Waals surface area contributed by atoms with E-state index in [1.54, 1.807) is 18.2 Å². The Morgan fingerprint density at radius 3 is 2.50 bits per heavy atom. The number of carboxylic acid groups (broad SMARTS) is 1. The second kappa shape index (κ2) is 4.92. The van der Waals surface area contributed by atoms with E-state index in [0.29, 0.717) is 5.02 Å². The molecule has 0 aliphatic carbocycles. The highest BCUT2D eigenvalue weighted by Crippen LogP contribution is 2.24. The zero-order chi connectivity index (χ0) is 13.3. The third kappa shape index (κ3) is 2.44. The third-order valence-electron chi connectivity index (χ3n) is 2.60. The van der Waals surface area contributed by atoms with Gasteiger partial charge in [-0.1, -0.05) is 36.0 Å². The molecule has 1 aromatic heterocycles. The van der Waals surface area contributed by atoms with Crippen LogP contribution in [0.3, 0.4) is 0 Å². The quantitative estimate of drug-likeness (QED) is 0.815. The fourth-order valence-electron chi connectivity index (χ4n) is 1.71. The summed E-state index contributed by atoms with van der Waals surface area (Å²) in [5.74, 6) is -1.03. The van der Waals surface area contributed by atoms with Crippen molar-refractivity contribution in [2.45, 2.75) is 6.92 Å². The summed E-state index contributed by atoms with van der Waals surface area (Å²) in [4.78, 5) is 13.9. The lowest BCUT2D eigenvalue weighted by Gasteiger charge is -2.08. The monoisotopic (exact) mass is 279 g/mol. The minimum Gasteiger partial charge on any atom is -0.478 e. The Balaban J connectivity index is 2.60. The normalized spacial score (nSPS) is 10.3. The van der Waals surface area contributed by atoms with Crippen LogP contribution in [0, 0.1) is 11.6 Å². The zero-order valence-corrected chi connectivity index (χ0v) is 11.1. The van der Waals surface area contributed by atoms with Gasteiger partial charge in [0.1, 0.15) is 4.64 Å². The zero-order valence-electron chi connectivity index (χ0n) is 9.53. The molecule has 2 N–H and O–H groups in total. The average molecular weight is 280 g/mol. The van der Waals surface area contributed by atoms with Crippen LogP contribution < -0.4 is 0 Å². The van der Waals surface area contributed by atoms with Gasteiger partial charge in [-0.2, -0.15) is 0 Å². The van der Waals surface area contributed by atoms with Gasteiger partial charge >= 0.3 is 5.97 Å². The first-order chi connectivity index (χ1) is 8.49. The van der Waals surface area contributed by atoms with E-state index in [4.69, 9.17) is 28.9 Å². The van der Waals surface area contributed by atoms with Crippen molar-refractivity contribution in [3.05, 3.63) is 51.1 Å². The molecule has 0 atom stereocenters. The lowest BCUT2D eigenvalue weighted by Crippen LogP contribution is -2.01. The summed E-state index contributed by atoms with van der Waals surface area (Å²) in [7, 11) is 0. The van der Waals surface area contributed by atoms with E-state index in [0.717, 1.165) is 16.8 Å². The number of benzene rings is 1. The number of carboxylic acids is 1. The predicted molar refractivity (Wildman–Crippen MR) is 73.8 cm³/mol. The number of H-pyrrole nitrogens is 1. The van der Waals surface area contributed by atoms with Gasteiger partial charge < -0.3 is 10.1 Å². The first-order valence-corrected chi connectivity index (χ1v) is 6.01. The Labute approximate surface area is 114 Å². The van der Waals surface area contributed by atoms with Crippen molar-refractivity contribution in [3.63, 3.8) is 0 Å². The maximum Gasteiger partial charge on any atom is 0.338 e. The van der Waals surface area contributed by atoms with Crippen LogP contribution >= 0.6 is 23.8 Å². The first kappa shape index (κ1) is 12.8. The highest BCUT2D eigenvalue weighted by atomic mass is 35.5. The van der Waals surface area contributed by atoms with Crippen LogP contribution in [0.2, 0.25) is 5.02 Å². The van der Waals surface area contributed by atoms with Gasteiger partial charge in [-0.25, -0.2) is 4.79 Å². The van der Waals surface area contributed by atoms with E-state index in [9.17, 15) is 4.79 Å². The Bertz CT molecular complexity index is 662. The van der Waals surface area contributed by atoms with E-state index in [2.05, 4.69) is 4.98 Å². The number of nitrogens with one attached hydrogen (secondary N) is 1. The molecule has 0 bridgehead atoms. The molecule has 18 heavy (non-hydrogen) atoms. The van der Waals surface area contributed by atoms with Crippen LogP contribution in [-0.2, 0) is 0 Å². The molecular formula is C13H10ClNO2S. The smallest absolute Gasteiger partial charge is 0.338 e. The van der Waals surface area contributed by atoms with Crippen molar-refractivity contribution >= 4 is 29.8 Å². The summed E-state index contributed by atoms with van der Waals surface area (Å²) in [6.07, 6.45) is 0. The topological polar surface area (TPSA) is 53.1 Å². The van der Waals surface area contributed by atoms with Gasteiger partial charge in [0, 0.05) is 10.7 Å². The summed E-state index contributed by atoms with van der Waals surface area (Å²) in [6.45, 7) is 1.83. The van der Waals surface area contributed by atoms with Gasteiger partial charge in [0.15, 0.2) is 0 Å². The third-order valence-corrected chi connectivity index (χ3v) is 3.18. The molecule has 0 saturated carbocycles. The lowest BCUT2D eigenvalue weighted by atomic mass is 10.1. The summed E-state index contributed by atoms with van der Waals surface area (Å²) >= 11 is 10.9. The Hall–Kier alpha value is -1.65. The maximum absolute atomic E-state index is 11.0. The summed E-state index contributed by atoms with van der Waals surface area (Å²) in [5, 5.41) is 9.63. The number of rotatable bonds is 2. The Kier molecular flexibility index (Phi) is 3.50. The number of aromatic carboxylic acids is 1. The fourth-order valence-corrected chi connectivity index (χ4v) is 2.08. The molecule has 0 aliphatic heterocycles. The number of hydrogen-bond donors (Lipinski definition) is 2. The van der Waals surface area contributed by atoms with E-state index >= 15 is 0 Å². The largest absolute Gasteiger partial charge is 0.478 e. The van der Waals surface area contributed by atoms with Gasteiger partial charge in [0.05, 0.1) is 5.56 Å². The molecule has 0 amide bonds. The molecule has 0 saturated heterocycles. The van der Waals surface area contributed by atoms with Gasteiger partial charge in [0.2, 0.25) is 0 Å². The van der Waals surface area contributed by atoms with Crippen molar-refractivity contribution in [1.82, 2.24) is 4.98 Å². The van der Waals surface area contributed by atoms with Gasteiger partial charge in [-0.15, -0.1) is 0 Å². The lowest BCUT2D eigenvalue weighted by molar-refractivity contribution is 0.0695. The number of carbonyl (C=O) groups is 1. The van der Waals surface area contributed by atoms with Crippen LogP contribution in [-0.4, -0.2) is 16.1 Å². The van der Waals surface area contributed by atoms with Crippen LogP contribution in [0.15, 0.2) is 30.3 Å². The van der Waals surface area contributed by atoms with E-state index in [-0.39, 0.29) is 10.2 Å². The van der Waals surface area contributed by atoms with Crippen molar-refractivity contribution in [2.75, 3.05) is 0 Å². The first-order valence-electron chi connectivity index (χ1n) is 5.22. The standard InChI is InChI=1S/C13H10ClNO2S/c1-7-6-10(13(16)17)12(18)15-11(7)8-2-4-9(14)5-3-8/h2-6H,1H3,(H,15,18)(H,16,17). The number of aromatic nitrogens is 1. The summed E-state index contributed by atoms with van der Waals surface area (Å²) in [5.41, 5.74) is 2.66. The summed E-state index contributed by atoms with van der Waals surface area (Å²) < 4.78 is 0.220. The number of halogens is 1. The second-order valence-corrected chi connectivity index (χ2v) is 4.73. The van der Waals surface area contributed by atoms with Crippen LogP contribution in [0.4, 0.5) is 0 Å². The molecule has 0 unspecified atom stereocenters. The van der Waals surface area contributed by atoms with Crippen LogP contribution in [0.1, 0.15) is 15.9 Å². The van der Waals surface area contributed by atoms with Gasteiger partial charge in [-0.3, -0.25) is 0 Å². The molecule has 0 fully saturated rings. The molecule has 1 heterocycles. The molecule has 5 heteroatoms. The van der Waals surface area contributed by atoms with Crippen LogP contribution in [0.25, 0.3) is 11.3 Å². The second-order valence-electron chi connectivity index (χ2n) is 3.88.